The third-order valence-electron chi connectivity index (χ3n) is 4.95. The largest absolute Gasteiger partial charge is 0.466 e. The van der Waals surface area contributed by atoms with Crippen LogP contribution in [-0.2, 0) is 10.3 Å². The van der Waals surface area contributed by atoms with Gasteiger partial charge in [-0.15, -0.1) is 0 Å². The zero-order chi connectivity index (χ0) is 16.0. The van der Waals surface area contributed by atoms with Gasteiger partial charge in [0.15, 0.2) is 5.54 Å². The molecule has 1 saturated carbocycles. The third kappa shape index (κ3) is 2.41. The van der Waals surface area contributed by atoms with Crippen LogP contribution in [0.5, 0.6) is 0 Å². The maximum atomic E-state index is 12.7. The van der Waals surface area contributed by atoms with Crippen LogP contribution in [0.25, 0.3) is 0 Å². The molecule has 6 heteroatoms. The summed E-state index contributed by atoms with van der Waals surface area (Å²) >= 11 is 0. The molecule has 1 aliphatic carbocycles. The summed E-state index contributed by atoms with van der Waals surface area (Å²) in [6.07, 6.45) is 4.52. The molecule has 0 spiro atoms. The van der Waals surface area contributed by atoms with Gasteiger partial charge in [-0.2, -0.15) is 0 Å². The number of nitrogens with zero attached hydrogens (tertiary/aromatic N) is 1. The zero-order valence-electron chi connectivity index (χ0n) is 13.0. The van der Waals surface area contributed by atoms with E-state index < -0.39 is 17.2 Å². The normalized spacial score (nSPS) is 35.8. The second kappa shape index (κ2) is 5.12. The van der Waals surface area contributed by atoms with Gasteiger partial charge in [-0.1, -0.05) is 6.92 Å². The van der Waals surface area contributed by atoms with Gasteiger partial charge in [0, 0.05) is 0 Å². The van der Waals surface area contributed by atoms with Crippen LogP contribution in [0, 0.1) is 5.92 Å². The number of aliphatic hydroxyl groups is 1. The first kappa shape index (κ1) is 15.1. The third-order valence-corrected chi connectivity index (χ3v) is 4.95. The number of β-amino-alcohol motifs (C(OH)–C–C–N with tert-alkyl or cyclic N) is 1. The number of nitrogens with one attached hydrogen (secondary N) is 1. The number of rotatable bonds is 3. The first-order valence-electron chi connectivity index (χ1n) is 7.74. The van der Waals surface area contributed by atoms with Gasteiger partial charge in [0.25, 0.3) is 5.91 Å². The fraction of sp³-hybridized carbons (Fsp3) is 0.625. The van der Waals surface area contributed by atoms with Crippen molar-refractivity contribution in [1.82, 2.24) is 10.2 Å². The molecule has 1 unspecified atom stereocenters. The highest BCUT2D eigenvalue weighted by atomic mass is 16.3. The van der Waals surface area contributed by atoms with Crippen molar-refractivity contribution in [3.05, 3.63) is 24.2 Å². The van der Waals surface area contributed by atoms with Crippen LogP contribution >= 0.6 is 0 Å². The fourth-order valence-corrected chi connectivity index (χ4v) is 3.32. The molecule has 0 aromatic carbocycles. The number of hydrogen-bond donors (Lipinski definition) is 2. The van der Waals surface area contributed by atoms with E-state index in [1.165, 1.54) is 6.26 Å². The first-order chi connectivity index (χ1) is 10.3. The van der Waals surface area contributed by atoms with Crippen molar-refractivity contribution in [2.75, 3.05) is 6.54 Å². The average Bonchev–Trinajstić information content (AvgIpc) is 3.08. The lowest BCUT2D eigenvalue weighted by Crippen LogP contribution is -2.48. The van der Waals surface area contributed by atoms with E-state index in [9.17, 15) is 14.7 Å². The Morgan fingerprint density at radius 3 is 2.68 bits per heavy atom. The molecule has 1 atom stereocenters. The predicted octanol–water partition coefficient (Wildman–Crippen LogP) is 1.99. The minimum absolute atomic E-state index is 0.0423. The summed E-state index contributed by atoms with van der Waals surface area (Å²) in [7, 11) is 0. The van der Waals surface area contributed by atoms with Crippen LogP contribution in [0.1, 0.15) is 45.3 Å². The van der Waals surface area contributed by atoms with Crippen molar-refractivity contribution in [2.24, 2.45) is 5.92 Å². The number of hydrogen-bond acceptors (Lipinski definition) is 4. The van der Waals surface area contributed by atoms with Gasteiger partial charge in [-0.25, -0.2) is 4.79 Å². The molecule has 120 valence electrons. The molecular weight excluding hydrogens is 284 g/mol. The van der Waals surface area contributed by atoms with Crippen LogP contribution in [0.2, 0.25) is 0 Å². The fourth-order valence-electron chi connectivity index (χ4n) is 3.32. The number of urea groups is 1. The summed E-state index contributed by atoms with van der Waals surface area (Å²) in [4.78, 5) is 26.0. The molecule has 1 aromatic rings. The van der Waals surface area contributed by atoms with Gasteiger partial charge in [0.2, 0.25) is 0 Å². The molecule has 22 heavy (non-hydrogen) atoms. The van der Waals surface area contributed by atoms with E-state index in [0.717, 1.165) is 17.7 Å². The number of carbonyl (C=O) groups is 2. The molecule has 1 aromatic heterocycles. The smallest absolute Gasteiger partial charge is 0.325 e. The molecule has 2 aliphatic rings. The predicted molar refractivity (Wildman–Crippen MR) is 78.9 cm³/mol. The lowest BCUT2D eigenvalue weighted by molar-refractivity contribution is -0.135. The van der Waals surface area contributed by atoms with Gasteiger partial charge < -0.3 is 14.8 Å². The Labute approximate surface area is 129 Å². The Balaban J connectivity index is 1.78. The van der Waals surface area contributed by atoms with Crippen LogP contribution < -0.4 is 5.32 Å². The van der Waals surface area contributed by atoms with Crippen molar-refractivity contribution >= 4 is 11.9 Å². The quantitative estimate of drug-likeness (QED) is 0.837. The molecule has 0 radical (unpaired) electrons. The first-order valence-corrected chi connectivity index (χ1v) is 7.74. The van der Waals surface area contributed by atoms with Crippen LogP contribution in [0.3, 0.4) is 0 Å². The molecule has 2 fully saturated rings. The highest BCUT2D eigenvalue weighted by Gasteiger charge is 2.52. The summed E-state index contributed by atoms with van der Waals surface area (Å²) in [6, 6.07) is 2.87. The van der Waals surface area contributed by atoms with Crippen LogP contribution in [0.15, 0.2) is 22.8 Å². The lowest BCUT2D eigenvalue weighted by atomic mass is 9.79. The van der Waals surface area contributed by atoms with E-state index in [1.54, 1.807) is 19.1 Å². The number of imide groups is 1. The Hall–Kier alpha value is -1.82. The molecule has 3 rings (SSSR count). The summed E-state index contributed by atoms with van der Waals surface area (Å²) < 4.78 is 5.29. The van der Waals surface area contributed by atoms with E-state index >= 15 is 0 Å². The van der Waals surface area contributed by atoms with E-state index in [0.29, 0.717) is 24.5 Å². The Kier molecular flexibility index (Phi) is 3.51. The summed E-state index contributed by atoms with van der Waals surface area (Å²) in [5.41, 5.74) is -2.17. The number of furan rings is 1. The van der Waals surface area contributed by atoms with Crippen molar-refractivity contribution < 1.29 is 19.1 Å². The molecule has 3 amide bonds. The maximum Gasteiger partial charge on any atom is 0.325 e. The standard InChI is InChI=1S/C16H22N2O4/c1-11-5-7-16(21,8-6-11)10-18-13(19)15(2,17-14(18)20)12-4-3-9-22-12/h3-4,9,11,21H,5-8,10H2,1-2H3,(H,17,20). The molecular formula is C16H22N2O4. The topological polar surface area (TPSA) is 82.8 Å². The monoisotopic (exact) mass is 306 g/mol. The summed E-state index contributed by atoms with van der Waals surface area (Å²) in [5.74, 6) is 0.605. The Morgan fingerprint density at radius 1 is 1.41 bits per heavy atom. The van der Waals surface area contributed by atoms with Crippen molar-refractivity contribution in [2.45, 2.75) is 50.7 Å². The molecule has 2 N–H and O–H groups in total. The molecule has 6 nitrogen and oxygen atoms in total. The highest BCUT2D eigenvalue weighted by molar-refractivity contribution is 6.06. The number of amides is 3. The van der Waals surface area contributed by atoms with E-state index in [1.807, 2.05) is 0 Å². The van der Waals surface area contributed by atoms with Gasteiger partial charge in [-0.05, 0) is 50.7 Å². The Morgan fingerprint density at radius 2 is 2.09 bits per heavy atom. The lowest BCUT2D eigenvalue weighted by Gasteiger charge is -2.36. The van der Waals surface area contributed by atoms with E-state index in [2.05, 4.69) is 12.2 Å². The maximum absolute atomic E-state index is 12.7. The van der Waals surface area contributed by atoms with Gasteiger partial charge in [0.05, 0.1) is 18.4 Å². The van der Waals surface area contributed by atoms with Gasteiger partial charge in [-0.3, -0.25) is 9.69 Å². The van der Waals surface area contributed by atoms with Gasteiger partial charge in [0.1, 0.15) is 5.76 Å². The van der Waals surface area contributed by atoms with E-state index in [-0.39, 0.29) is 12.5 Å². The molecule has 2 heterocycles. The average molecular weight is 306 g/mol. The molecule has 0 bridgehead atoms. The summed E-state index contributed by atoms with van der Waals surface area (Å²) in [6.45, 7) is 3.82. The SMILES string of the molecule is CC1CCC(O)(CN2C(=O)NC(C)(c3ccco3)C2=O)CC1. The van der Waals surface area contributed by atoms with Gasteiger partial charge >= 0.3 is 6.03 Å². The minimum Gasteiger partial charge on any atom is -0.466 e. The summed E-state index contributed by atoms with van der Waals surface area (Å²) in [5, 5.41) is 13.4. The van der Waals surface area contributed by atoms with Crippen molar-refractivity contribution in [1.29, 1.82) is 0 Å². The molecule has 1 saturated heterocycles. The minimum atomic E-state index is -1.20. The van der Waals surface area contributed by atoms with Crippen molar-refractivity contribution in [3.63, 3.8) is 0 Å². The van der Waals surface area contributed by atoms with Crippen molar-refractivity contribution in [3.8, 4) is 0 Å². The van der Waals surface area contributed by atoms with Crippen LogP contribution in [-0.4, -0.2) is 34.1 Å². The van der Waals surface area contributed by atoms with Crippen LogP contribution in [0.4, 0.5) is 4.79 Å². The zero-order valence-corrected chi connectivity index (χ0v) is 13.0. The molecule has 1 aliphatic heterocycles. The van der Waals surface area contributed by atoms with E-state index in [4.69, 9.17) is 4.42 Å². The second-order valence-corrected chi connectivity index (χ2v) is 6.83. The highest BCUT2D eigenvalue weighted by Crippen LogP contribution is 2.35. The Bertz CT molecular complexity index is 575. The second-order valence-electron chi connectivity index (χ2n) is 6.83. The number of carbonyl (C=O) groups excluding carboxylic acids is 2.